The van der Waals surface area contributed by atoms with Gasteiger partial charge in [0, 0.05) is 6.54 Å². The van der Waals surface area contributed by atoms with Crippen LogP contribution in [0.25, 0.3) is 0 Å². The molecule has 0 saturated carbocycles. The fourth-order valence-corrected chi connectivity index (χ4v) is 2.91. The Kier molecular flexibility index (Phi) is 8.14. The molecule has 1 saturated heterocycles. The van der Waals surface area contributed by atoms with Gasteiger partial charge in [-0.05, 0) is 38.1 Å². The second-order valence-corrected chi connectivity index (χ2v) is 6.65. The van der Waals surface area contributed by atoms with E-state index in [1.165, 1.54) is 4.90 Å². The quantitative estimate of drug-likeness (QED) is 0.423. The van der Waals surface area contributed by atoms with Crippen molar-refractivity contribution in [3.8, 4) is 0 Å². The summed E-state index contributed by atoms with van der Waals surface area (Å²) in [5, 5.41) is 11.7. The molecular formula is C16H30N4O4. The first-order valence-corrected chi connectivity index (χ1v) is 8.58. The predicted octanol–water partition coefficient (Wildman–Crippen LogP) is -0.341. The van der Waals surface area contributed by atoms with E-state index >= 15 is 0 Å². The average molecular weight is 342 g/mol. The highest BCUT2D eigenvalue weighted by Crippen LogP contribution is 2.20. The number of hydrogen-bond acceptors (Lipinski definition) is 5. The highest BCUT2D eigenvalue weighted by molar-refractivity contribution is 5.92. The summed E-state index contributed by atoms with van der Waals surface area (Å²) in [7, 11) is 0. The van der Waals surface area contributed by atoms with Gasteiger partial charge in [0.15, 0.2) is 0 Å². The van der Waals surface area contributed by atoms with Crippen LogP contribution in [0.1, 0.15) is 46.0 Å². The van der Waals surface area contributed by atoms with E-state index in [0.717, 1.165) is 12.8 Å². The number of nitrogens with one attached hydrogen (secondary N) is 1. The summed E-state index contributed by atoms with van der Waals surface area (Å²) in [5.74, 6) is -1.99. The molecule has 0 aromatic carbocycles. The van der Waals surface area contributed by atoms with Crippen LogP contribution in [0.5, 0.6) is 0 Å². The van der Waals surface area contributed by atoms with Gasteiger partial charge in [-0.25, -0.2) is 4.79 Å². The molecule has 0 unspecified atom stereocenters. The molecule has 3 atom stereocenters. The van der Waals surface area contributed by atoms with E-state index in [-0.39, 0.29) is 11.8 Å². The molecule has 0 bridgehead atoms. The number of carboxylic acid groups (broad SMARTS) is 1. The van der Waals surface area contributed by atoms with Crippen LogP contribution in [-0.4, -0.2) is 59.0 Å². The van der Waals surface area contributed by atoms with E-state index in [1.54, 1.807) is 13.8 Å². The van der Waals surface area contributed by atoms with Crippen molar-refractivity contribution < 1.29 is 19.5 Å². The normalized spacial score (nSPS) is 20.0. The number of amides is 2. The van der Waals surface area contributed by atoms with Crippen molar-refractivity contribution in [2.75, 3.05) is 13.1 Å². The molecule has 1 heterocycles. The molecule has 1 fully saturated rings. The summed E-state index contributed by atoms with van der Waals surface area (Å²) in [6.07, 6.45) is 3.34. The number of likely N-dealkylation sites (tertiary alicyclic amines) is 1. The van der Waals surface area contributed by atoms with Gasteiger partial charge in [0.05, 0.1) is 6.04 Å². The molecule has 1 rings (SSSR count). The molecular weight excluding hydrogens is 312 g/mol. The van der Waals surface area contributed by atoms with Crippen molar-refractivity contribution in [1.29, 1.82) is 0 Å². The summed E-state index contributed by atoms with van der Waals surface area (Å²) in [6.45, 7) is 4.48. The minimum absolute atomic E-state index is 0.240. The van der Waals surface area contributed by atoms with Gasteiger partial charge in [-0.2, -0.15) is 0 Å². The molecule has 0 aromatic rings. The minimum Gasteiger partial charge on any atom is -0.480 e. The second kappa shape index (κ2) is 9.58. The molecule has 1 aliphatic rings. The summed E-state index contributed by atoms with van der Waals surface area (Å²) < 4.78 is 0. The second-order valence-electron chi connectivity index (χ2n) is 6.65. The van der Waals surface area contributed by atoms with Crippen LogP contribution in [0.4, 0.5) is 0 Å². The molecule has 0 aliphatic carbocycles. The standard InChI is InChI=1S/C16H30N4O4/c1-10(2)13(16(23)24)19-14(21)12-7-5-9-20(12)15(22)11(18)6-3-4-8-17/h10-13H,3-9,17-18H2,1-2H3,(H,19,21)(H,23,24)/t11-,12-,13+/m1/s1. The number of hydrogen-bond donors (Lipinski definition) is 4. The molecule has 0 radical (unpaired) electrons. The lowest BCUT2D eigenvalue weighted by atomic mass is 10.0. The zero-order valence-corrected chi connectivity index (χ0v) is 14.5. The fourth-order valence-electron chi connectivity index (χ4n) is 2.91. The maximum absolute atomic E-state index is 12.5. The maximum Gasteiger partial charge on any atom is 0.326 e. The Labute approximate surface area is 142 Å². The third kappa shape index (κ3) is 5.45. The zero-order chi connectivity index (χ0) is 18.3. The van der Waals surface area contributed by atoms with Crippen LogP contribution in [-0.2, 0) is 14.4 Å². The van der Waals surface area contributed by atoms with E-state index in [2.05, 4.69) is 5.32 Å². The maximum atomic E-state index is 12.5. The first-order chi connectivity index (χ1) is 11.3. The van der Waals surface area contributed by atoms with Gasteiger partial charge in [-0.15, -0.1) is 0 Å². The number of carbonyl (C=O) groups excluding carboxylic acids is 2. The van der Waals surface area contributed by atoms with Crippen molar-refractivity contribution in [3.63, 3.8) is 0 Å². The zero-order valence-electron chi connectivity index (χ0n) is 14.5. The molecule has 8 nitrogen and oxygen atoms in total. The lowest BCUT2D eigenvalue weighted by molar-refractivity contribution is -0.145. The van der Waals surface area contributed by atoms with Gasteiger partial charge in [-0.1, -0.05) is 20.3 Å². The highest BCUT2D eigenvalue weighted by atomic mass is 16.4. The van der Waals surface area contributed by atoms with Gasteiger partial charge in [0.25, 0.3) is 0 Å². The lowest BCUT2D eigenvalue weighted by Gasteiger charge is -2.28. The Bertz CT molecular complexity index is 455. The largest absolute Gasteiger partial charge is 0.480 e. The molecule has 0 spiro atoms. The molecule has 6 N–H and O–H groups in total. The van der Waals surface area contributed by atoms with Crippen molar-refractivity contribution in [2.24, 2.45) is 17.4 Å². The van der Waals surface area contributed by atoms with E-state index in [1.807, 2.05) is 0 Å². The molecule has 8 heteroatoms. The number of rotatable bonds is 9. The average Bonchev–Trinajstić information content (AvgIpc) is 3.00. The number of aliphatic carboxylic acids is 1. The predicted molar refractivity (Wildman–Crippen MR) is 90.0 cm³/mol. The molecule has 0 aromatic heterocycles. The molecule has 138 valence electrons. The highest BCUT2D eigenvalue weighted by Gasteiger charge is 2.37. The third-order valence-electron chi connectivity index (χ3n) is 4.36. The fraction of sp³-hybridized carbons (Fsp3) is 0.812. The molecule has 2 amide bonds. The smallest absolute Gasteiger partial charge is 0.326 e. The van der Waals surface area contributed by atoms with E-state index in [9.17, 15) is 19.5 Å². The topological polar surface area (TPSA) is 139 Å². The lowest BCUT2D eigenvalue weighted by Crippen LogP contribution is -2.54. The first-order valence-electron chi connectivity index (χ1n) is 8.58. The van der Waals surface area contributed by atoms with Crippen LogP contribution < -0.4 is 16.8 Å². The van der Waals surface area contributed by atoms with Crippen molar-refractivity contribution in [2.45, 2.75) is 64.1 Å². The Hall–Kier alpha value is -1.67. The Morgan fingerprint density at radius 2 is 1.96 bits per heavy atom. The van der Waals surface area contributed by atoms with Crippen molar-refractivity contribution in [3.05, 3.63) is 0 Å². The van der Waals surface area contributed by atoms with E-state index in [4.69, 9.17) is 11.5 Å². The Morgan fingerprint density at radius 1 is 1.29 bits per heavy atom. The summed E-state index contributed by atoms with van der Waals surface area (Å²) in [5.41, 5.74) is 11.4. The SMILES string of the molecule is CC(C)[C@H](NC(=O)[C@H]1CCCN1C(=O)[C@H](N)CCCCN)C(=O)O. The Balaban J connectivity index is 2.68. The van der Waals surface area contributed by atoms with Crippen LogP contribution in [0.15, 0.2) is 0 Å². The van der Waals surface area contributed by atoms with Gasteiger partial charge in [0.1, 0.15) is 12.1 Å². The minimum atomic E-state index is -1.08. The van der Waals surface area contributed by atoms with E-state index < -0.39 is 30.0 Å². The first kappa shape index (κ1) is 20.4. The summed E-state index contributed by atoms with van der Waals surface area (Å²) in [6, 6.07) is -2.25. The number of nitrogens with zero attached hydrogens (tertiary/aromatic N) is 1. The summed E-state index contributed by atoms with van der Waals surface area (Å²) >= 11 is 0. The van der Waals surface area contributed by atoms with Gasteiger partial charge in [0.2, 0.25) is 11.8 Å². The van der Waals surface area contributed by atoms with Crippen LogP contribution >= 0.6 is 0 Å². The van der Waals surface area contributed by atoms with Crippen LogP contribution in [0, 0.1) is 5.92 Å². The number of carboxylic acids is 1. The molecule has 1 aliphatic heterocycles. The third-order valence-corrected chi connectivity index (χ3v) is 4.36. The van der Waals surface area contributed by atoms with E-state index in [0.29, 0.717) is 32.4 Å². The summed E-state index contributed by atoms with van der Waals surface area (Å²) in [4.78, 5) is 37.6. The van der Waals surface area contributed by atoms with Crippen molar-refractivity contribution in [1.82, 2.24) is 10.2 Å². The molecule has 24 heavy (non-hydrogen) atoms. The monoisotopic (exact) mass is 342 g/mol. The van der Waals surface area contributed by atoms with Crippen LogP contribution in [0.2, 0.25) is 0 Å². The number of unbranched alkanes of at least 4 members (excludes halogenated alkanes) is 1. The number of carbonyl (C=O) groups is 3. The number of nitrogens with two attached hydrogens (primary N) is 2. The van der Waals surface area contributed by atoms with Crippen molar-refractivity contribution >= 4 is 17.8 Å². The van der Waals surface area contributed by atoms with Gasteiger partial charge < -0.3 is 26.8 Å². The Morgan fingerprint density at radius 3 is 2.50 bits per heavy atom. The van der Waals surface area contributed by atoms with Gasteiger partial charge >= 0.3 is 5.97 Å². The van der Waals surface area contributed by atoms with Gasteiger partial charge in [-0.3, -0.25) is 9.59 Å². The van der Waals surface area contributed by atoms with Crippen LogP contribution in [0.3, 0.4) is 0 Å².